The SMILES string of the molecule is Cc1ccc(CNCC(O)COc2ccccc2C)cn1. The van der Waals surface area contributed by atoms with E-state index in [0.29, 0.717) is 13.1 Å². The zero-order valence-corrected chi connectivity index (χ0v) is 12.5. The summed E-state index contributed by atoms with van der Waals surface area (Å²) in [4.78, 5) is 4.24. The van der Waals surface area contributed by atoms with Crippen LogP contribution in [-0.2, 0) is 6.54 Å². The van der Waals surface area contributed by atoms with Gasteiger partial charge in [0.25, 0.3) is 0 Å². The van der Waals surface area contributed by atoms with Crippen molar-refractivity contribution in [3.05, 3.63) is 59.4 Å². The molecule has 1 atom stereocenters. The van der Waals surface area contributed by atoms with Gasteiger partial charge in [0.15, 0.2) is 0 Å². The van der Waals surface area contributed by atoms with E-state index in [-0.39, 0.29) is 6.61 Å². The first-order chi connectivity index (χ1) is 10.1. The van der Waals surface area contributed by atoms with Gasteiger partial charge in [-0.15, -0.1) is 0 Å². The summed E-state index contributed by atoms with van der Waals surface area (Å²) in [6.07, 6.45) is 1.31. The number of nitrogens with one attached hydrogen (secondary N) is 1. The summed E-state index contributed by atoms with van der Waals surface area (Å²) in [5.41, 5.74) is 3.18. The fourth-order valence-electron chi connectivity index (χ4n) is 1.95. The Bertz CT molecular complexity index is 555. The molecule has 1 aromatic heterocycles. The van der Waals surface area contributed by atoms with Crippen LogP contribution in [0, 0.1) is 13.8 Å². The van der Waals surface area contributed by atoms with E-state index in [4.69, 9.17) is 4.74 Å². The highest BCUT2D eigenvalue weighted by Gasteiger charge is 2.06. The van der Waals surface area contributed by atoms with Gasteiger partial charge >= 0.3 is 0 Å². The number of nitrogens with zero attached hydrogens (tertiary/aromatic N) is 1. The first-order valence-electron chi connectivity index (χ1n) is 7.14. The molecule has 112 valence electrons. The normalized spacial score (nSPS) is 12.1. The largest absolute Gasteiger partial charge is 0.491 e. The van der Waals surface area contributed by atoms with Crippen molar-refractivity contribution in [2.75, 3.05) is 13.2 Å². The number of rotatable bonds is 7. The maximum absolute atomic E-state index is 9.92. The minimum atomic E-state index is -0.539. The van der Waals surface area contributed by atoms with E-state index in [1.807, 2.05) is 56.4 Å². The van der Waals surface area contributed by atoms with Crippen molar-refractivity contribution < 1.29 is 9.84 Å². The molecule has 1 aromatic carbocycles. The van der Waals surface area contributed by atoms with Gasteiger partial charge < -0.3 is 15.2 Å². The van der Waals surface area contributed by atoms with Crippen LogP contribution in [0.2, 0.25) is 0 Å². The lowest BCUT2D eigenvalue weighted by atomic mass is 10.2. The number of hydrogen-bond acceptors (Lipinski definition) is 4. The maximum atomic E-state index is 9.92. The summed E-state index contributed by atoms with van der Waals surface area (Å²) >= 11 is 0. The van der Waals surface area contributed by atoms with Crippen LogP contribution in [0.25, 0.3) is 0 Å². The van der Waals surface area contributed by atoms with Crippen molar-refractivity contribution in [2.45, 2.75) is 26.5 Å². The Morgan fingerprint density at radius 2 is 2.00 bits per heavy atom. The van der Waals surface area contributed by atoms with Crippen LogP contribution in [0.15, 0.2) is 42.6 Å². The van der Waals surface area contributed by atoms with Gasteiger partial charge in [-0.05, 0) is 37.1 Å². The lowest BCUT2D eigenvalue weighted by molar-refractivity contribution is 0.106. The van der Waals surface area contributed by atoms with E-state index in [0.717, 1.165) is 22.6 Å². The predicted octanol–water partition coefficient (Wildman–Crippen LogP) is 2.23. The van der Waals surface area contributed by atoms with Crippen molar-refractivity contribution >= 4 is 0 Å². The van der Waals surface area contributed by atoms with Crippen LogP contribution < -0.4 is 10.1 Å². The summed E-state index contributed by atoms with van der Waals surface area (Å²) in [5.74, 6) is 0.819. The number of pyridine rings is 1. The summed E-state index contributed by atoms with van der Waals surface area (Å²) in [7, 11) is 0. The first-order valence-corrected chi connectivity index (χ1v) is 7.14. The Labute approximate surface area is 125 Å². The molecule has 21 heavy (non-hydrogen) atoms. The van der Waals surface area contributed by atoms with E-state index in [9.17, 15) is 5.11 Å². The van der Waals surface area contributed by atoms with Crippen LogP contribution in [-0.4, -0.2) is 29.3 Å². The Morgan fingerprint density at radius 3 is 2.71 bits per heavy atom. The average molecular weight is 286 g/mol. The van der Waals surface area contributed by atoms with Crippen LogP contribution in [0.1, 0.15) is 16.8 Å². The molecule has 1 unspecified atom stereocenters. The van der Waals surface area contributed by atoms with Gasteiger partial charge in [0.05, 0.1) is 0 Å². The van der Waals surface area contributed by atoms with Crippen LogP contribution in [0.5, 0.6) is 5.75 Å². The molecule has 0 amide bonds. The van der Waals surface area contributed by atoms with Crippen molar-refractivity contribution in [1.29, 1.82) is 0 Å². The number of aryl methyl sites for hydroxylation is 2. The second-order valence-electron chi connectivity index (χ2n) is 5.17. The summed E-state index contributed by atoms with van der Waals surface area (Å²) < 4.78 is 5.61. The third-order valence-corrected chi connectivity index (χ3v) is 3.21. The molecule has 0 aliphatic carbocycles. The zero-order chi connectivity index (χ0) is 15.1. The quantitative estimate of drug-likeness (QED) is 0.819. The fraction of sp³-hybridized carbons (Fsp3) is 0.353. The monoisotopic (exact) mass is 286 g/mol. The number of hydrogen-bond donors (Lipinski definition) is 2. The fourth-order valence-corrected chi connectivity index (χ4v) is 1.95. The Kier molecular flexibility index (Phi) is 5.72. The molecule has 0 saturated carbocycles. The number of benzene rings is 1. The number of aliphatic hydroxyl groups excluding tert-OH is 1. The minimum Gasteiger partial charge on any atom is -0.491 e. The lowest BCUT2D eigenvalue weighted by Crippen LogP contribution is -2.31. The van der Waals surface area contributed by atoms with E-state index in [2.05, 4.69) is 10.3 Å². The second-order valence-corrected chi connectivity index (χ2v) is 5.17. The summed E-state index contributed by atoms with van der Waals surface area (Å²) in [6, 6.07) is 11.8. The third kappa shape index (κ3) is 5.17. The molecule has 0 bridgehead atoms. The smallest absolute Gasteiger partial charge is 0.122 e. The molecule has 0 aliphatic heterocycles. The highest BCUT2D eigenvalue weighted by molar-refractivity contribution is 5.31. The van der Waals surface area contributed by atoms with Crippen molar-refractivity contribution in [2.24, 2.45) is 0 Å². The van der Waals surface area contributed by atoms with Gasteiger partial charge in [-0.25, -0.2) is 0 Å². The molecule has 2 aromatic rings. The maximum Gasteiger partial charge on any atom is 0.122 e. The standard InChI is InChI=1S/C17H22N2O2/c1-13-5-3-4-6-17(13)21-12-16(20)11-18-9-15-8-7-14(2)19-10-15/h3-8,10,16,18,20H,9,11-12H2,1-2H3. The third-order valence-electron chi connectivity index (χ3n) is 3.21. The molecule has 0 aliphatic rings. The topological polar surface area (TPSA) is 54.4 Å². The molecule has 1 heterocycles. The Balaban J connectivity index is 1.69. The number of ether oxygens (including phenoxy) is 1. The number of aromatic nitrogens is 1. The second kappa shape index (κ2) is 7.76. The molecule has 0 saturated heterocycles. The summed E-state index contributed by atoms with van der Waals surface area (Å²) in [6.45, 7) is 5.41. The summed E-state index contributed by atoms with van der Waals surface area (Å²) in [5, 5.41) is 13.1. The molecular weight excluding hydrogens is 264 g/mol. The van der Waals surface area contributed by atoms with Gasteiger partial charge in [-0.3, -0.25) is 4.98 Å². The van der Waals surface area contributed by atoms with Crippen molar-refractivity contribution in [3.8, 4) is 5.75 Å². The van der Waals surface area contributed by atoms with E-state index >= 15 is 0 Å². The van der Waals surface area contributed by atoms with E-state index in [1.54, 1.807) is 0 Å². The number of para-hydroxylation sites is 1. The molecule has 4 nitrogen and oxygen atoms in total. The average Bonchev–Trinajstić information content (AvgIpc) is 2.48. The predicted molar refractivity (Wildman–Crippen MR) is 83.4 cm³/mol. The molecule has 0 fully saturated rings. The molecule has 0 radical (unpaired) electrons. The van der Waals surface area contributed by atoms with Gasteiger partial charge in [0.1, 0.15) is 18.5 Å². The minimum absolute atomic E-state index is 0.282. The molecule has 4 heteroatoms. The highest BCUT2D eigenvalue weighted by Crippen LogP contribution is 2.16. The van der Waals surface area contributed by atoms with E-state index in [1.165, 1.54) is 0 Å². The van der Waals surface area contributed by atoms with Crippen LogP contribution in [0.3, 0.4) is 0 Å². The molecular formula is C17H22N2O2. The zero-order valence-electron chi connectivity index (χ0n) is 12.5. The van der Waals surface area contributed by atoms with Gasteiger partial charge in [-0.2, -0.15) is 0 Å². The molecule has 0 spiro atoms. The Hall–Kier alpha value is -1.91. The molecule has 2 rings (SSSR count). The van der Waals surface area contributed by atoms with E-state index < -0.39 is 6.10 Å². The van der Waals surface area contributed by atoms with Crippen LogP contribution in [0.4, 0.5) is 0 Å². The molecule has 2 N–H and O–H groups in total. The van der Waals surface area contributed by atoms with Gasteiger partial charge in [0, 0.05) is 25.0 Å². The number of aliphatic hydroxyl groups is 1. The van der Waals surface area contributed by atoms with Gasteiger partial charge in [0.2, 0.25) is 0 Å². The van der Waals surface area contributed by atoms with Crippen molar-refractivity contribution in [1.82, 2.24) is 10.3 Å². The Morgan fingerprint density at radius 1 is 1.19 bits per heavy atom. The highest BCUT2D eigenvalue weighted by atomic mass is 16.5. The lowest BCUT2D eigenvalue weighted by Gasteiger charge is -2.14. The van der Waals surface area contributed by atoms with Crippen molar-refractivity contribution in [3.63, 3.8) is 0 Å². The van der Waals surface area contributed by atoms with Crippen LogP contribution >= 0.6 is 0 Å². The first kappa shape index (κ1) is 15.5. The van der Waals surface area contributed by atoms with Gasteiger partial charge in [-0.1, -0.05) is 24.3 Å².